The Bertz CT molecular complexity index is 2320. The molecule has 60 heavy (non-hydrogen) atoms. The third-order valence-corrected chi connectivity index (χ3v) is 12.3. The van der Waals surface area contributed by atoms with Gasteiger partial charge in [0.05, 0.1) is 37.9 Å². The van der Waals surface area contributed by atoms with Crippen LogP contribution in [-0.4, -0.2) is 122 Å². The molecule has 0 amide bonds. The van der Waals surface area contributed by atoms with Crippen LogP contribution in [0, 0.1) is 23.3 Å². The molecule has 2 aromatic heterocycles. The molecule has 6 N–H and O–H groups in total. The van der Waals surface area contributed by atoms with E-state index in [0.717, 1.165) is 49.2 Å². The topological polar surface area (TPSA) is 255 Å². The maximum atomic E-state index is 14.2. The number of rotatable bonds is 12. The highest BCUT2D eigenvalue weighted by atomic mass is 32.2. The van der Waals surface area contributed by atoms with Gasteiger partial charge < -0.3 is 31.6 Å². The van der Waals surface area contributed by atoms with Gasteiger partial charge in [-0.05, 0) is 49.9 Å². The first-order valence-corrected chi connectivity index (χ1v) is 21.7. The van der Waals surface area contributed by atoms with Crippen LogP contribution in [0.25, 0.3) is 0 Å². The number of ketones is 2. The molecule has 0 unspecified atom stereocenters. The summed E-state index contributed by atoms with van der Waals surface area (Å²) in [5.74, 6) is -7.32. The number of piperidine rings is 2. The molecule has 4 aromatic rings. The lowest BCUT2D eigenvalue weighted by Gasteiger charge is -2.30. The lowest BCUT2D eigenvalue weighted by molar-refractivity contribution is 0.102. The van der Waals surface area contributed by atoms with Gasteiger partial charge in [-0.15, -0.1) is 0 Å². The van der Waals surface area contributed by atoms with E-state index in [0.29, 0.717) is 51.9 Å². The van der Waals surface area contributed by atoms with E-state index in [2.05, 4.69) is 30.6 Å². The Hall–Kier alpha value is -5.72. The highest BCUT2D eigenvalue weighted by Gasteiger charge is 2.29. The number of carbonyl (C=O) groups is 2. The molecule has 4 heterocycles. The minimum atomic E-state index is -3.23. The van der Waals surface area contributed by atoms with Crippen LogP contribution in [0.5, 0.6) is 11.5 Å². The number of nitrogens with one attached hydrogen (secondary N) is 2. The van der Waals surface area contributed by atoms with Gasteiger partial charge in [0, 0.05) is 50.7 Å². The number of nitrogens with two attached hydrogens (primary N) is 2. The van der Waals surface area contributed by atoms with E-state index in [1.165, 1.54) is 22.8 Å². The van der Waals surface area contributed by atoms with Crippen molar-refractivity contribution in [3.63, 3.8) is 0 Å². The number of nitrogen functional groups attached to an aromatic ring is 2. The van der Waals surface area contributed by atoms with Gasteiger partial charge >= 0.3 is 0 Å². The number of aromatic nitrogens is 4. The van der Waals surface area contributed by atoms with E-state index in [4.69, 9.17) is 20.9 Å². The third kappa shape index (κ3) is 10.5. The van der Waals surface area contributed by atoms with Crippen LogP contribution in [0.4, 0.5) is 41.1 Å². The number of hydrogen-bond acceptors (Lipinski definition) is 16. The molecule has 2 aliphatic heterocycles. The Morgan fingerprint density at radius 1 is 0.650 bits per heavy atom. The summed E-state index contributed by atoms with van der Waals surface area (Å²) in [6.07, 6.45) is 6.76. The first-order valence-electron chi connectivity index (χ1n) is 18.0. The van der Waals surface area contributed by atoms with Gasteiger partial charge in [0.25, 0.3) is 0 Å². The SMILES string of the molecule is COc1ccc(F)c(F)c1C(=O)c1cnc(NC2CCN(S(C)(=O)=O)CC2)nc1N.COc1ccc(F)c(F)c1C(=O)c1cnc(NC2CCN(S(C)(=O)=O)CC2)nc1N. The number of sulfonamides is 2. The number of halogens is 4. The zero-order valence-electron chi connectivity index (χ0n) is 32.7. The van der Waals surface area contributed by atoms with E-state index in [-0.39, 0.29) is 58.2 Å². The number of ether oxygens (including phenoxy) is 2. The molecule has 6 rings (SSSR count). The first-order chi connectivity index (χ1) is 28.2. The van der Waals surface area contributed by atoms with E-state index >= 15 is 0 Å². The molecule has 0 aliphatic carbocycles. The smallest absolute Gasteiger partial charge is 0.224 e. The molecule has 0 spiro atoms. The van der Waals surface area contributed by atoms with Crippen molar-refractivity contribution in [1.29, 1.82) is 0 Å². The molecule has 24 heteroatoms. The number of benzene rings is 2. The summed E-state index contributed by atoms with van der Waals surface area (Å²) in [7, 11) is -4.01. The lowest BCUT2D eigenvalue weighted by Crippen LogP contribution is -2.42. The second kappa shape index (κ2) is 18.7. The fourth-order valence-electron chi connectivity index (χ4n) is 6.41. The van der Waals surface area contributed by atoms with Gasteiger partial charge in [-0.25, -0.2) is 53.0 Å². The van der Waals surface area contributed by atoms with Crippen LogP contribution in [0.15, 0.2) is 36.7 Å². The zero-order chi connectivity index (χ0) is 44.1. The van der Waals surface area contributed by atoms with Gasteiger partial charge in [-0.2, -0.15) is 9.97 Å². The summed E-state index contributed by atoms with van der Waals surface area (Å²) in [5.41, 5.74) is 10.1. The van der Waals surface area contributed by atoms with Gasteiger partial charge in [-0.1, -0.05) is 0 Å². The maximum absolute atomic E-state index is 14.2. The normalized spacial score (nSPS) is 15.7. The number of nitrogens with zero attached hydrogens (tertiary/aromatic N) is 6. The Kier molecular flexibility index (Phi) is 14.1. The van der Waals surface area contributed by atoms with E-state index in [1.807, 2.05) is 0 Å². The van der Waals surface area contributed by atoms with Crippen LogP contribution in [0.1, 0.15) is 57.5 Å². The highest BCUT2D eigenvalue weighted by molar-refractivity contribution is 7.88. The summed E-state index contributed by atoms with van der Waals surface area (Å²) in [6, 6.07) is 3.83. The van der Waals surface area contributed by atoms with Crippen molar-refractivity contribution in [3.05, 3.63) is 82.2 Å². The minimum Gasteiger partial charge on any atom is -0.496 e. The van der Waals surface area contributed by atoms with Crippen molar-refractivity contribution < 1.29 is 53.5 Å². The fourth-order valence-corrected chi connectivity index (χ4v) is 8.15. The monoisotopic (exact) mass is 882 g/mol. The largest absolute Gasteiger partial charge is 0.496 e. The van der Waals surface area contributed by atoms with Gasteiger partial charge in [0.15, 0.2) is 23.3 Å². The van der Waals surface area contributed by atoms with Crippen LogP contribution in [-0.2, 0) is 20.0 Å². The average Bonchev–Trinajstić information content (AvgIpc) is 3.19. The number of anilines is 4. The number of hydrogen-bond donors (Lipinski definition) is 4. The van der Waals surface area contributed by atoms with Crippen molar-refractivity contribution in [2.75, 3.05) is 75.0 Å². The van der Waals surface area contributed by atoms with Crippen molar-refractivity contribution in [1.82, 2.24) is 28.5 Å². The maximum Gasteiger partial charge on any atom is 0.224 e. The Morgan fingerprint density at radius 3 is 1.27 bits per heavy atom. The van der Waals surface area contributed by atoms with Crippen molar-refractivity contribution in [3.8, 4) is 11.5 Å². The van der Waals surface area contributed by atoms with Crippen LogP contribution in [0.2, 0.25) is 0 Å². The van der Waals surface area contributed by atoms with Crippen molar-refractivity contribution in [2.45, 2.75) is 37.8 Å². The Morgan fingerprint density at radius 2 is 0.983 bits per heavy atom. The van der Waals surface area contributed by atoms with E-state index in [9.17, 15) is 44.0 Å². The second-order valence-corrected chi connectivity index (χ2v) is 17.6. The van der Waals surface area contributed by atoms with E-state index in [1.54, 1.807) is 0 Å². The molecule has 2 saturated heterocycles. The Labute approximate surface area is 342 Å². The van der Waals surface area contributed by atoms with Gasteiger partial charge in [-0.3, -0.25) is 9.59 Å². The molecule has 0 atom stereocenters. The molecular weight excluding hydrogens is 841 g/mol. The van der Waals surface area contributed by atoms with Crippen LogP contribution >= 0.6 is 0 Å². The zero-order valence-corrected chi connectivity index (χ0v) is 34.3. The van der Waals surface area contributed by atoms with Crippen LogP contribution in [0.3, 0.4) is 0 Å². The third-order valence-electron chi connectivity index (χ3n) is 9.65. The van der Waals surface area contributed by atoms with Gasteiger partial charge in [0.2, 0.25) is 43.5 Å². The fraction of sp³-hybridized carbons (Fsp3) is 0.389. The standard InChI is InChI=1S/2C18H21F2N5O4S/c2*1-29-13-4-3-12(19)15(20)14(13)16(26)11-9-22-18(24-17(11)21)23-10-5-7-25(8-6-10)30(2,27)28/h2*3-4,9-10H,5-8H2,1-2H3,(H3,21,22,23,24). The lowest BCUT2D eigenvalue weighted by atomic mass is 10.0. The summed E-state index contributed by atoms with van der Waals surface area (Å²) in [4.78, 5) is 41.6. The minimum absolute atomic E-state index is 0.0790. The molecule has 0 saturated carbocycles. The molecule has 2 aliphatic rings. The van der Waals surface area contributed by atoms with E-state index < -0.39 is 66.0 Å². The molecule has 0 bridgehead atoms. The molecule has 18 nitrogen and oxygen atoms in total. The molecular formula is C36H42F4N10O8S2. The Balaban J connectivity index is 0.000000228. The summed E-state index contributed by atoms with van der Waals surface area (Å²) in [5, 5.41) is 6.10. The number of methoxy groups -OCH3 is 2. The molecule has 2 aromatic carbocycles. The van der Waals surface area contributed by atoms with Crippen LogP contribution < -0.4 is 31.6 Å². The predicted octanol–water partition coefficient (Wildman–Crippen LogP) is 2.83. The summed E-state index contributed by atoms with van der Waals surface area (Å²) in [6.45, 7) is 1.45. The average molecular weight is 883 g/mol. The highest BCUT2D eigenvalue weighted by Crippen LogP contribution is 2.30. The molecule has 2 fully saturated rings. The van der Waals surface area contributed by atoms with Crippen molar-refractivity contribution in [2.24, 2.45) is 0 Å². The van der Waals surface area contributed by atoms with Gasteiger partial charge in [0.1, 0.15) is 34.3 Å². The predicted molar refractivity (Wildman–Crippen MR) is 212 cm³/mol. The van der Waals surface area contributed by atoms with Crippen molar-refractivity contribution >= 4 is 55.1 Å². The quantitative estimate of drug-likeness (QED) is 0.118. The molecule has 324 valence electrons. The summed E-state index contributed by atoms with van der Waals surface area (Å²) < 4.78 is 115. The molecule has 0 radical (unpaired) electrons. The first kappa shape index (κ1) is 45.4. The number of carbonyl (C=O) groups excluding carboxylic acids is 2. The second-order valence-electron chi connectivity index (χ2n) is 13.7. The summed E-state index contributed by atoms with van der Waals surface area (Å²) >= 11 is 0.